The molecule has 2 rings (SSSR count). The van der Waals surface area contributed by atoms with E-state index < -0.39 is 5.97 Å². The molecule has 2 N–H and O–H groups in total. The Morgan fingerprint density at radius 2 is 1.66 bits per heavy atom. The van der Waals surface area contributed by atoms with E-state index >= 15 is 0 Å². The molecular formula is C20H32N4O5. The molecule has 2 aliphatic rings. The van der Waals surface area contributed by atoms with E-state index in [2.05, 4.69) is 36.0 Å². The van der Waals surface area contributed by atoms with E-state index in [9.17, 15) is 19.2 Å². The fourth-order valence-electron chi connectivity index (χ4n) is 3.61. The average Bonchev–Trinajstić information content (AvgIpc) is 2.97. The van der Waals surface area contributed by atoms with Crippen LogP contribution < -0.4 is 10.6 Å². The number of amides is 3. The van der Waals surface area contributed by atoms with E-state index in [0.29, 0.717) is 30.7 Å². The number of hydrogen-bond acceptors (Lipinski definition) is 6. The van der Waals surface area contributed by atoms with Crippen LogP contribution in [0.3, 0.4) is 0 Å². The van der Waals surface area contributed by atoms with Gasteiger partial charge >= 0.3 is 5.97 Å². The van der Waals surface area contributed by atoms with Crippen LogP contribution in [0.25, 0.3) is 0 Å². The van der Waals surface area contributed by atoms with Crippen molar-refractivity contribution in [1.82, 2.24) is 20.6 Å². The van der Waals surface area contributed by atoms with Gasteiger partial charge < -0.3 is 15.5 Å². The number of hydroxylamine groups is 2. The van der Waals surface area contributed by atoms with Crippen molar-refractivity contribution in [2.45, 2.75) is 70.9 Å². The molecule has 0 aromatic heterocycles. The molecular weight excluding hydrogens is 379 g/mol. The third kappa shape index (κ3) is 7.16. The number of carbonyl (C=O) groups excluding carboxylic acids is 4. The van der Waals surface area contributed by atoms with Gasteiger partial charge in [-0.1, -0.05) is 13.0 Å². The smallest absolute Gasteiger partial charge is 0.334 e. The molecule has 3 amide bonds. The summed E-state index contributed by atoms with van der Waals surface area (Å²) in [5.41, 5.74) is 0.455. The maximum atomic E-state index is 12.1. The van der Waals surface area contributed by atoms with Crippen molar-refractivity contribution in [3.8, 4) is 0 Å². The van der Waals surface area contributed by atoms with Crippen LogP contribution in [0.4, 0.5) is 0 Å². The Balaban J connectivity index is 1.56. The second kappa shape index (κ2) is 10.9. The molecule has 2 saturated heterocycles. The Hall–Kier alpha value is -2.42. The van der Waals surface area contributed by atoms with Gasteiger partial charge in [0, 0.05) is 38.0 Å². The predicted octanol–water partition coefficient (Wildman–Crippen LogP) is 0.856. The third-order valence-electron chi connectivity index (χ3n) is 5.36. The maximum absolute atomic E-state index is 12.1. The first-order valence-corrected chi connectivity index (χ1v) is 10.3. The largest absolute Gasteiger partial charge is 0.355 e. The second-order valence-corrected chi connectivity index (χ2v) is 7.72. The number of allylic oxidation sites excluding steroid dienone is 1. The summed E-state index contributed by atoms with van der Waals surface area (Å²) in [5, 5.41) is 6.30. The molecule has 29 heavy (non-hydrogen) atoms. The number of nitrogens with zero attached hydrogens (tertiary/aromatic N) is 2. The summed E-state index contributed by atoms with van der Waals surface area (Å²) >= 11 is 0. The van der Waals surface area contributed by atoms with E-state index in [-0.39, 0.29) is 50.1 Å². The fraction of sp³-hybridized carbons (Fsp3) is 0.700. The zero-order valence-electron chi connectivity index (χ0n) is 17.4. The lowest BCUT2D eigenvalue weighted by Crippen LogP contribution is -2.49. The van der Waals surface area contributed by atoms with Gasteiger partial charge in [0.15, 0.2) is 0 Å². The summed E-state index contributed by atoms with van der Waals surface area (Å²) in [5.74, 6) is -1.26. The lowest BCUT2D eigenvalue weighted by molar-refractivity contribution is -0.186. The first kappa shape index (κ1) is 22.9. The van der Waals surface area contributed by atoms with Gasteiger partial charge in [-0.25, -0.2) is 4.79 Å². The molecule has 9 heteroatoms. The number of piperidine rings is 1. The summed E-state index contributed by atoms with van der Waals surface area (Å²) in [6, 6.07) is 0.779. The summed E-state index contributed by atoms with van der Waals surface area (Å²) in [6.07, 6.45) is 4.23. The monoisotopic (exact) mass is 411 g/mol. The number of carbonyl (C=O) groups is 4. The first-order valence-electron chi connectivity index (χ1n) is 10.3. The number of likely N-dealkylation sites (tertiary alicyclic amines) is 1. The number of nitrogens with one attached hydrogen (secondary N) is 2. The molecule has 0 aromatic rings. The normalized spacial score (nSPS) is 22.5. The van der Waals surface area contributed by atoms with Crippen LogP contribution in [-0.4, -0.2) is 65.4 Å². The summed E-state index contributed by atoms with van der Waals surface area (Å²) < 4.78 is 0. The molecule has 0 aromatic carbocycles. The van der Waals surface area contributed by atoms with Crippen LogP contribution in [0, 0.1) is 0 Å². The van der Waals surface area contributed by atoms with Crippen molar-refractivity contribution >= 4 is 23.7 Å². The Labute approximate surface area is 171 Å². The predicted molar refractivity (Wildman–Crippen MR) is 106 cm³/mol. The summed E-state index contributed by atoms with van der Waals surface area (Å²) in [4.78, 5) is 54.4. The summed E-state index contributed by atoms with van der Waals surface area (Å²) in [6.45, 7) is 8.62. The molecule has 9 nitrogen and oxygen atoms in total. The Bertz CT molecular complexity index is 625. The van der Waals surface area contributed by atoms with Crippen molar-refractivity contribution < 1.29 is 24.0 Å². The zero-order chi connectivity index (χ0) is 21.4. The Kier molecular flexibility index (Phi) is 8.63. The van der Waals surface area contributed by atoms with Gasteiger partial charge in [0.05, 0.1) is 18.7 Å². The van der Waals surface area contributed by atoms with E-state index in [4.69, 9.17) is 4.84 Å². The van der Waals surface area contributed by atoms with Crippen LogP contribution in [0.1, 0.15) is 58.8 Å². The lowest BCUT2D eigenvalue weighted by Gasteiger charge is -2.38. The quantitative estimate of drug-likeness (QED) is 0.545. The average molecular weight is 411 g/mol. The molecule has 2 aliphatic heterocycles. The fourth-order valence-corrected chi connectivity index (χ4v) is 3.61. The zero-order valence-corrected chi connectivity index (χ0v) is 17.4. The minimum absolute atomic E-state index is 0.0557. The van der Waals surface area contributed by atoms with E-state index in [0.717, 1.165) is 17.9 Å². The third-order valence-corrected chi connectivity index (χ3v) is 5.36. The molecule has 0 aliphatic carbocycles. The SMILES string of the molecule is C=C1CCC(=O)N1O[13C](=O)CCN[13C](=O)CCN[13C](=O)CN1C(C)CCCC1C. The van der Waals surface area contributed by atoms with Crippen molar-refractivity contribution in [3.05, 3.63) is 12.3 Å². The number of hydrogen-bond donors (Lipinski definition) is 2. The van der Waals surface area contributed by atoms with E-state index in [1.165, 1.54) is 6.42 Å². The van der Waals surface area contributed by atoms with Crippen molar-refractivity contribution in [2.24, 2.45) is 0 Å². The lowest BCUT2D eigenvalue weighted by atomic mass is 9.98. The highest BCUT2D eigenvalue weighted by molar-refractivity contribution is 5.82. The van der Waals surface area contributed by atoms with Gasteiger partial charge in [0.1, 0.15) is 0 Å². The van der Waals surface area contributed by atoms with Gasteiger partial charge in [-0.15, -0.1) is 5.06 Å². The van der Waals surface area contributed by atoms with Crippen LogP contribution in [0.5, 0.6) is 0 Å². The van der Waals surface area contributed by atoms with Crippen molar-refractivity contribution in [2.75, 3.05) is 19.6 Å². The molecule has 2 fully saturated rings. The molecule has 0 saturated carbocycles. The minimum Gasteiger partial charge on any atom is -0.355 e. The van der Waals surface area contributed by atoms with Gasteiger partial charge in [-0.2, -0.15) is 0 Å². The molecule has 2 atom stereocenters. The Morgan fingerprint density at radius 3 is 2.28 bits per heavy atom. The summed E-state index contributed by atoms with van der Waals surface area (Å²) in [7, 11) is 0. The maximum Gasteiger partial charge on any atom is 0.334 e. The van der Waals surface area contributed by atoms with Crippen molar-refractivity contribution in [3.63, 3.8) is 0 Å². The van der Waals surface area contributed by atoms with Gasteiger partial charge in [-0.05, 0) is 33.1 Å². The second-order valence-electron chi connectivity index (χ2n) is 7.72. The van der Waals surface area contributed by atoms with Crippen LogP contribution in [0.15, 0.2) is 12.3 Å². The molecule has 2 unspecified atom stereocenters. The first-order chi connectivity index (χ1) is 13.8. The highest BCUT2D eigenvalue weighted by Gasteiger charge is 2.28. The van der Waals surface area contributed by atoms with E-state index in [1.807, 2.05) is 0 Å². The van der Waals surface area contributed by atoms with Gasteiger partial charge in [-0.3, -0.25) is 19.3 Å². The highest BCUT2D eigenvalue weighted by atomic mass is 16.8. The molecule has 0 bridgehead atoms. The molecule has 0 radical (unpaired) electrons. The van der Waals surface area contributed by atoms with Gasteiger partial charge in [0.25, 0.3) is 5.91 Å². The molecule has 162 valence electrons. The molecule has 2 heterocycles. The number of rotatable bonds is 9. The van der Waals surface area contributed by atoms with Crippen molar-refractivity contribution in [1.29, 1.82) is 0 Å². The standard InChI is InChI=1S/C20H32N4O5/c1-14-5-4-6-15(2)23(14)13-18(26)22-11-9-17(25)21-12-10-20(28)29-24-16(3)7-8-19(24)27/h14-15H,3-13H2,1-2H3,(H,21,25)(H,22,26)/i17+1,18+1,20+1. The van der Waals surface area contributed by atoms with E-state index in [1.54, 1.807) is 0 Å². The topological polar surface area (TPSA) is 108 Å². The van der Waals surface area contributed by atoms with Crippen LogP contribution in [0.2, 0.25) is 0 Å². The highest BCUT2D eigenvalue weighted by Crippen LogP contribution is 2.22. The minimum atomic E-state index is -0.611. The molecule has 0 spiro atoms. The Morgan fingerprint density at radius 1 is 1.03 bits per heavy atom. The van der Waals surface area contributed by atoms with Crippen LogP contribution in [-0.2, 0) is 24.0 Å². The van der Waals surface area contributed by atoms with Crippen LogP contribution >= 0.6 is 0 Å². The van der Waals surface area contributed by atoms with Gasteiger partial charge in [0.2, 0.25) is 11.8 Å².